The Morgan fingerprint density at radius 2 is 2.10 bits per heavy atom. The molecule has 0 aliphatic heterocycles. The smallest absolute Gasteiger partial charge is 0.276 e. The van der Waals surface area contributed by atoms with Crippen LogP contribution in [-0.2, 0) is 9.59 Å². The number of hydrogen-bond donors (Lipinski definition) is 2. The van der Waals surface area contributed by atoms with Crippen LogP contribution in [0.1, 0.15) is 18.4 Å². The summed E-state index contributed by atoms with van der Waals surface area (Å²) in [4.78, 5) is 22.9. The summed E-state index contributed by atoms with van der Waals surface area (Å²) >= 11 is 9.36. The Bertz CT molecular complexity index is 523. The van der Waals surface area contributed by atoms with Crippen LogP contribution in [-0.4, -0.2) is 18.4 Å². The van der Waals surface area contributed by atoms with Gasteiger partial charge >= 0.3 is 0 Å². The van der Waals surface area contributed by atoms with E-state index in [1.807, 2.05) is 13.0 Å². The molecule has 0 aromatic heterocycles. The number of hydrazine groups is 1. The number of carbonyl (C=O) groups is 2. The zero-order valence-corrected chi connectivity index (χ0v) is 13.2. The van der Waals surface area contributed by atoms with Gasteiger partial charge in [0.2, 0.25) is 5.91 Å². The molecule has 0 radical (unpaired) electrons. The maximum Gasteiger partial charge on any atom is 0.276 e. The Hall–Kier alpha value is -1.27. The van der Waals surface area contributed by atoms with Crippen molar-refractivity contribution in [3.8, 4) is 5.75 Å². The molecule has 1 aromatic carbocycles. The molecule has 2 amide bonds. The van der Waals surface area contributed by atoms with E-state index < -0.39 is 5.91 Å². The molecule has 7 heteroatoms. The van der Waals surface area contributed by atoms with Crippen LogP contribution in [0.25, 0.3) is 0 Å². The molecule has 2 N–H and O–H groups in total. The second-order valence-electron chi connectivity index (χ2n) is 4.63. The Labute approximate surface area is 130 Å². The number of aryl methyl sites for hydroxylation is 1. The fourth-order valence-corrected chi connectivity index (χ4v) is 2.65. The van der Waals surface area contributed by atoms with Gasteiger partial charge in [-0.05, 0) is 37.5 Å². The minimum Gasteiger partial charge on any atom is -0.482 e. The molecule has 1 fully saturated rings. The quantitative estimate of drug-likeness (QED) is 0.809. The summed E-state index contributed by atoms with van der Waals surface area (Å²) in [7, 11) is 0. The van der Waals surface area contributed by atoms with Gasteiger partial charge in [-0.3, -0.25) is 20.4 Å². The van der Waals surface area contributed by atoms with Gasteiger partial charge < -0.3 is 4.74 Å². The molecule has 0 spiro atoms. The van der Waals surface area contributed by atoms with Crippen molar-refractivity contribution in [3.05, 3.63) is 27.2 Å². The Morgan fingerprint density at radius 3 is 2.70 bits per heavy atom. The van der Waals surface area contributed by atoms with Crippen LogP contribution in [0, 0.1) is 12.8 Å². The number of hydrogen-bond acceptors (Lipinski definition) is 3. The van der Waals surface area contributed by atoms with E-state index in [9.17, 15) is 9.59 Å². The molecule has 0 heterocycles. The molecule has 5 nitrogen and oxygen atoms in total. The Kier molecular flexibility index (Phi) is 4.88. The third-order valence-electron chi connectivity index (χ3n) is 2.81. The van der Waals surface area contributed by atoms with Crippen molar-refractivity contribution in [1.82, 2.24) is 10.9 Å². The number of rotatable bonds is 4. The number of amides is 2. The molecule has 0 atom stereocenters. The average Bonchev–Trinajstić information content (AvgIpc) is 3.18. The monoisotopic (exact) mass is 360 g/mol. The summed E-state index contributed by atoms with van der Waals surface area (Å²) in [6.45, 7) is 1.62. The first-order valence-corrected chi connectivity index (χ1v) is 7.31. The van der Waals surface area contributed by atoms with E-state index in [2.05, 4.69) is 26.8 Å². The highest BCUT2D eigenvalue weighted by molar-refractivity contribution is 9.10. The Morgan fingerprint density at radius 1 is 1.40 bits per heavy atom. The van der Waals surface area contributed by atoms with Crippen molar-refractivity contribution in [2.24, 2.45) is 5.92 Å². The zero-order chi connectivity index (χ0) is 14.7. The maximum atomic E-state index is 11.6. The van der Waals surface area contributed by atoms with E-state index in [0.29, 0.717) is 10.8 Å². The first-order chi connectivity index (χ1) is 9.47. The van der Waals surface area contributed by atoms with Gasteiger partial charge in [-0.2, -0.15) is 0 Å². The van der Waals surface area contributed by atoms with Crippen LogP contribution in [0.15, 0.2) is 16.6 Å². The number of carbonyl (C=O) groups excluding carboxylic acids is 2. The Balaban J connectivity index is 1.82. The number of benzene rings is 1. The minimum absolute atomic E-state index is 0.0411. The molecule has 0 bridgehead atoms. The number of nitrogens with one attached hydrogen (secondary N) is 2. The molecule has 1 aromatic rings. The van der Waals surface area contributed by atoms with Crippen LogP contribution in [0.5, 0.6) is 5.75 Å². The van der Waals surface area contributed by atoms with Crippen LogP contribution < -0.4 is 15.6 Å². The highest BCUT2D eigenvalue weighted by Crippen LogP contribution is 2.32. The van der Waals surface area contributed by atoms with Crippen molar-refractivity contribution in [1.29, 1.82) is 0 Å². The van der Waals surface area contributed by atoms with Crippen LogP contribution in [0.3, 0.4) is 0 Å². The topological polar surface area (TPSA) is 67.4 Å². The molecular weight excluding hydrogens is 348 g/mol. The fourth-order valence-electron chi connectivity index (χ4n) is 1.62. The van der Waals surface area contributed by atoms with Crippen molar-refractivity contribution in [2.45, 2.75) is 19.8 Å². The van der Waals surface area contributed by atoms with Gasteiger partial charge in [-0.25, -0.2) is 0 Å². The highest BCUT2D eigenvalue weighted by atomic mass is 79.9. The summed E-state index contributed by atoms with van der Waals surface area (Å²) in [5.74, 6) is -0.0912. The third-order valence-corrected chi connectivity index (χ3v) is 3.55. The van der Waals surface area contributed by atoms with Crippen molar-refractivity contribution in [2.75, 3.05) is 6.61 Å². The summed E-state index contributed by atoms with van der Waals surface area (Å²) in [6.07, 6.45) is 1.76. The zero-order valence-electron chi connectivity index (χ0n) is 10.8. The molecule has 20 heavy (non-hydrogen) atoms. The van der Waals surface area contributed by atoms with Crippen molar-refractivity contribution < 1.29 is 14.3 Å². The van der Waals surface area contributed by atoms with Crippen LogP contribution in [0.4, 0.5) is 0 Å². The first-order valence-electron chi connectivity index (χ1n) is 6.14. The molecule has 0 unspecified atom stereocenters. The number of ether oxygens (including phenoxy) is 1. The summed E-state index contributed by atoms with van der Waals surface area (Å²) in [5, 5.41) is 0.423. The standard InChI is InChI=1S/C13H14BrClN2O3/c1-7-4-9(14)5-10(15)12(7)20-6-11(18)16-17-13(19)8-2-3-8/h4-5,8H,2-3,6H2,1H3,(H,16,18)(H,17,19). The van der Waals surface area contributed by atoms with Gasteiger partial charge in [0, 0.05) is 10.4 Å². The lowest BCUT2D eigenvalue weighted by molar-refractivity contribution is -0.130. The molecule has 108 valence electrons. The lowest BCUT2D eigenvalue weighted by Crippen LogP contribution is -2.44. The molecule has 0 saturated heterocycles. The third kappa shape index (κ3) is 4.11. The first kappa shape index (κ1) is 15.1. The summed E-state index contributed by atoms with van der Waals surface area (Å²) in [6, 6.07) is 3.53. The van der Waals surface area contributed by atoms with E-state index >= 15 is 0 Å². The summed E-state index contributed by atoms with van der Waals surface area (Å²) in [5.41, 5.74) is 5.49. The normalized spacial score (nSPS) is 13.8. The van der Waals surface area contributed by atoms with E-state index in [-0.39, 0.29) is 18.4 Å². The second-order valence-corrected chi connectivity index (χ2v) is 5.96. The van der Waals surface area contributed by atoms with E-state index in [4.69, 9.17) is 16.3 Å². The van der Waals surface area contributed by atoms with Gasteiger partial charge in [-0.15, -0.1) is 0 Å². The van der Waals surface area contributed by atoms with Crippen LogP contribution >= 0.6 is 27.5 Å². The molecule has 2 rings (SSSR count). The van der Waals surface area contributed by atoms with E-state index in [0.717, 1.165) is 22.9 Å². The van der Waals surface area contributed by atoms with E-state index in [1.165, 1.54) is 0 Å². The highest BCUT2D eigenvalue weighted by Gasteiger charge is 2.29. The molecule has 1 aliphatic carbocycles. The predicted molar refractivity (Wildman–Crippen MR) is 78.4 cm³/mol. The van der Waals surface area contributed by atoms with Gasteiger partial charge in [-0.1, -0.05) is 27.5 Å². The predicted octanol–water partition coefficient (Wildman–Crippen LogP) is 2.35. The van der Waals surface area contributed by atoms with Gasteiger partial charge in [0.25, 0.3) is 5.91 Å². The maximum absolute atomic E-state index is 11.6. The second kappa shape index (κ2) is 6.45. The molecular formula is C13H14BrClN2O3. The molecule has 1 saturated carbocycles. The fraction of sp³-hybridized carbons (Fsp3) is 0.385. The summed E-state index contributed by atoms with van der Waals surface area (Å²) < 4.78 is 6.22. The molecule has 1 aliphatic rings. The minimum atomic E-state index is -0.433. The van der Waals surface area contributed by atoms with Crippen LogP contribution in [0.2, 0.25) is 5.02 Å². The number of halogens is 2. The lowest BCUT2D eigenvalue weighted by atomic mass is 10.2. The van der Waals surface area contributed by atoms with Crippen molar-refractivity contribution >= 4 is 39.3 Å². The average molecular weight is 362 g/mol. The van der Waals surface area contributed by atoms with Gasteiger partial charge in [0.05, 0.1) is 5.02 Å². The van der Waals surface area contributed by atoms with Gasteiger partial charge in [0.1, 0.15) is 5.75 Å². The van der Waals surface area contributed by atoms with Gasteiger partial charge in [0.15, 0.2) is 6.61 Å². The largest absolute Gasteiger partial charge is 0.482 e. The van der Waals surface area contributed by atoms with Crippen molar-refractivity contribution in [3.63, 3.8) is 0 Å². The SMILES string of the molecule is Cc1cc(Br)cc(Cl)c1OCC(=O)NNC(=O)C1CC1. The van der Waals surface area contributed by atoms with E-state index in [1.54, 1.807) is 6.07 Å². The lowest BCUT2D eigenvalue weighted by Gasteiger charge is -2.12.